The molecule has 0 aliphatic heterocycles. The number of rotatable bonds is 14. The molecule has 0 heterocycles. The summed E-state index contributed by atoms with van der Waals surface area (Å²) in [4.78, 5) is 23.6. The van der Waals surface area contributed by atoms with Gasteiger partial charge < -0.3 is 24.4 Å². The highest BCUT2D eigenvalue weighted by Crippen LogP contribution is 2.36. The first-order chi connectivity index (χ1) is 18.0. The fraction of sp³-hybridized carbons (Fsp3) is 0.433. The predicted octanol–water partition coefficient (Wildman–Crippen LogP) is 6.24. The number of esters is 2. The van der Waals surface area contributed by atoms with Crippen LogP contribution in [0.1, 0.15) is 78.8 Å². The van der Waals surface area contributed by atoms with Crippen molar-refractivity contribution in [2.45, 2.75) is 63.4 Å². The van der Waals surface area contributed by atoms with E-state index in [4.69, 9.17) is 24.4 Å². The second-order valence-electron chi connectivity index (χ2n) is 9.18. The van der Waals surface area contributed by atoms with Gasteiger partial charge in [0.05, 0.1) is 25.9 Å². The van der Waals surface area contributed by atoms with Crippen LogP contribution in [0.25, 0.3) is 0 Å². The average molecular weight is 508 g/mol. The van der Waals surface area contributed by atoms with Crippen molar-refractivity contribution in [2.24, 2.45) is 0 Å². The van der Waals surface area contributed by atoms with Crippen molar-refractivity contribution in [1.82, 2.24) is 0 Å². The van der Waals surface area contributed by atoms with Gasteiger partial charge in [0.15, 0.2) is 0 Å². The minimum Gasteiger partial charge on any atom is -0.496 e. The van der Waals surface area contributed by atoms with E-state index in [0.29, 0.717) is 30.4 Å². The van der Waals surface area contributed by atoms with Gasteiger partial charge in [-0.15, -0.1) is 0 Å². The number of hydrogen-bond donors (Lipinski definition) is 1. The maximum Gasteiger partial charge on any atom is 0.338 e. The topological polar surface area (TPSA) is 94.9 Å². The van der Waals surface area contributed by atoms with Crippen molar-refractivity contribution < 1.29 is 28.5 Å². The first kappa shape index (κ1) is 28.0. The number of hydrogen-bond acceptors (Lipinski definition) is 7. The summed E-state index contributed by atoms with van der Waals surface area (Å²) in [5.74, 6) is 1.14. The lowest BCUT2D eigenvalue weighted by atomic mass is 9.82. The van der Waals surface area contributed by atoms with Crippen molar-refractivity contribution in [2.75, 3.05) is 20.3 Å². The Bertz CT molecular complexity index is 1040. The van der Waals surface area contributed by atoms with Gasteiger partial charge in [0.2, 0.25) is 0 Å². The van der Waals surface area contributed by atoms with Gasteiger partial charge in [-0.05, 0) is 99.2 Å². The molecular weight excluding hydrogens is 470 g/mol. The first-order valence-electron chi connectivity index (χ1n) is 13.0. The summed E-state index contributed by atoms with van der Waals surface area (Å²) in [6.07, 6.45) is 9.60. The molecule has 7 nitrogen and oxygen atoms in total. The Morgan fingerprint density at radius 2 is 1.68 bits per heavy atom. The van der Waals surface area contributed by atoms with Crippen LogP contribution in [-0.4, -0.2) is 44.6 Å². The standard InChI is InChI=1S/C30H37NO6/c1-3-29(32)36-19-7-5-4-6-18-35-26-13-10-23(11-14-26)30(33)37-27-15-8-22(9-16-27)24-12-17-28(34-2)25(20-24)21-31/h3,10-14,17,20-22,27,31H,1,4-9,15-16,18-19H2,2H3. The third kappa shape index (κ3) is 8.77. The van der Waals surface area contributed by atoms with Crippen LogP contribution >= 0.6 is 0 Å². The SMILES string of the molecule is C=CC(=O)OCCCCCCOc1ccc(C(=O)OC2CCC(c3ccc(OC)c(C=N)c3)CC2)cc1. The van der Waals surface area contributed by atoms with Gasteiger partial charge in [-0.3, -0.25) is 0 Å². The van der Waals surface area contributed by atoms with Gasteiger partial charge >= 0.3 is 11.9 Å². The molecule has 0 spiro atoms. The van der Waals surface area contributed by atoms with Crippen LogP contribution < -0.4 is 9.47 Å². The average Bonchev–Trinajstić information content (AvgIpc) is 2.94. The van der Waals surface area contributed by atoms with Crippen molar-refractivity contribution >= 4 is 18.2 Å². The zero-order valence-electron chi connectivity index (χ0n) is 21.6. The summed E-state index contributed by atoms with van der Waals surface area (Å²) in [6.45, 7) is 4.37. The smallest absolute Gasteiger partial charge is 0.338 e. The lowest BCUT2D eigenvalue weighted by molar-refractivity contribution is -0.137. The molecule has 7 heteroatoms. The van der Waals surface area contributed by atoms with E-state index in [1.54, 1.807) is 31.4 Å². The van der Waals surface area contributed by atoms with E-state index >= 15 is 0 Å². The largest absolute Gasteiger partial charge is 0.496 e. The van der Waals surface area contributed by atoms with E-state index in [-0.39, 0.29) is 18.0 Å². The van der Waals surface area contributed by atoms with E-state index in [0.717, 1.165) is 62.7 Å². The summed E-state index contributed by atoms with van der Waals surface area (Å²) in [5.41, 5.74) is 2.51. The van der Waals surface area contributed by atoms with Crippen LogP contribution in [0.15, 0.2) is 55.1 Å². The number of ether oxygens (including phenoxy) is 4. The Kier molecular flexibility index (Phi) is 11.2. The van der Waals surface area contributed by atoms with E-state index < -0.39 is 0 Å². The van der Waals surface area contributed by atoms with Crippen molar-refractivity contribution in [3.05, 3.63) is 71.8 Å². The number of carbonyl (C=O) groups excluding carboxylic acids is 2. The molecule has 1 aliphatic carbocycles. The number of benzene rings is 2. The molecule has 0 amide bonds. The maximum atomic E-state index is 12.6. The summed E-state index contributed by atoms with van der Waals surface area (Å²) in [5, 5.41) is 7.60. The van der Waals surface area contributed by atoms with Crippen LogP contribution in [0.5, 0.6) is 11.5 Å². The molecule has 3 rings (SSSR count). The Balaban J connectivity index is 1.35. The molecule has 0 saturated heterocycles. The highest BCUT2D eigenvalue weighted by molar-refractivity contribution is 5.89. The molecule has 0 unspecified atom stereocenters. The van der Waals surface area contributed by atoms with Gasteiger partial charge in [-0.1, -0.05) is 12.6 Å². The molecule has 0 atom stereocenters. The molecule has 1 aliphatic rings. The Labute approximate surface area is 219 Å². The second-order valence-corrected chi connectivity index (χ2v) is 9.18. The summed E-state index contributed by atoms with van der Waals surface area (Å²) < 4.78 is 21.8. The fourth-order valence-corrected chi connectivity index (χ4v) is 4.52. The monoisotopic (exact) mass is 507 g/mol. The summed E-state index contributed by atoms with van der Waals surface area (Å²) in [7, 11) is 1.61. The zero-order chi connectivity index (χ0) is 26.5. The quantitative estimate of drug-likeness (QED) is 0.141. The predicted molar refractivity (Wildman–Crippen MR) is 143 cm³/mol. The normalized spacial score (nSPS) is 16.9. The van der Waals surface area contributed by atoms with Gasteiger partial charge in [-0.2, -0.15) is 0 Å². The van der Waals surface area contributed by atoms with Gasteiger partial charge in [-0.25, -0.2) is 9.59 Å². The Hall–Kier alpha value is -3.61. The Morgan fingerprint density at radius 1 is 0.973 bits per heavy atom. The minimum atomic E-state index is -0.383. The number of unbranched alkanes of at least 4 members (excludes halogenated alkanes) is 3. The van der Waals surface area contributed by atoms with Gasteiger partial charge in [0, 0.05) is 17.9 Å². The van der Waals surface area contributed by atoms with Crippen molar-refractivity contribution in [3.8, 4) is 11.5 Å². The zero-order valence-corrected chi connectivity index (χ0v) is 21.6. The first-order valence-corrected chi connectivity index (χ1v) is 13.0. The highest BCUT2D eigenvalue weighted by atomic mass is 16.5. The lowest BCUT2D eigenvalue weighted by Gasteiger charge is -2.29. The number of methoxy groups -OCH3 is 1. The molecule has 198 valence electrons. The van der Waals surface area contributed by atoms with Crippen LogP contribution in [0.3, 0.4) is 0 Å². The lowest BCUT2D eigenvalue weighted by Crippen LogP contribution is -2.24. The molecule has 37 heavy (non-hydrogen) atoms. The number of nitrogens with one attached hydrogen (secondary N) is 1. The molecule has 0 aromatic heterocycles. The molecule has 1 saturated carbocycles. The molecule has 0 bridgehead atoms. The van der Waals surface area contributed by atoms with E-state index in [1.807, 2.05) is 12.1 Å². The van der Waals surface area contributed by atoms with Crippen LogP contribution in [0, 0.1) is 5.41 Å². The minimum absolute atomic E-state index is 0.0829. The third-order valence-electron chi connectivity index (χ3n) is 6.64. The maximum absolute atomic E-state index is 12.6. The van der Waals surface area contributed by atoms with Gasteiger partial charge in [0.25, 0.3) is 0 Å². The van der Waals surface area contributed by atoms with Crippen LogP contribution in [0.4, 0.5) is 0 Å². The van der Waals surface area contributed by atoms with E-state index in [9.17, 15) is 9.59 Å². The molecule has 1 fully saturated rings. The van der Waals surface area contributed by atoms with E-state index in [2.05, 4.69) is 12.6 Å². The number of carbonyl (C=O) groups is 2. The Morgan fingerprint density at radius 3 is 2.32 bits per heavy atom. The highest BCUT2D eigenvalue weighted by Gasteiger charge is 2.26. The summed E-state index contributed by atoms with van der Waals surface area (Å²) in [6, 6.07) is 13.1. The van der Waals surface area contributed by atoms with Crippen LogP contribution in [0.2, 0.25) is 0 Å². The second kappa shape index (κ2) is 14.8. The van der Waals surface area contributed by atoms with Crippen molar-refractivity contribution in [3.63, 3.8) is 0 Å². The fourth-order valence-electron chi connectivity index (χ4n) is 4.52. The van der Waals surface area contributed by atoms with Gasteiger partial charge in [0.1, 0.15) is 17.6 Å². The summed E-state index contributed by atoms with van der Waals surface area (Å²) >= 11 is 0. The van der Waals surface area contributed by atoms with Crippen LogP contribution in [-0.2, 0) is 14.3 Å². The van der Waals surface area contributed by atoms with E-state index in [1.165, 1.54) is 17.9 Å². The molecule has 2 aromatic rings. The molecular formula is C30H37NO6. The van der Waals surface area contributed by atoms with Crippen molar-refractivity contribution in [1.29, 1.82) is 5.41 Å². The molecule has 0 radical (unpaired) electrons. The molecule has 2 aromatic carbocycles. The third-order valence-corrected chi connectivity index (χ3v) is 6.64. The molecule has 1 N–H and O–H groups in total.